The summed E-state index contributed by atoms with van der Waals surface area (Å²) < 4.78 is 19.1. The molecule has 8 nitrogen and oxygen atoms in total. The standard InChI is InChI=1S/C26H22O8/c1-31-23(27)19-10-8-17(13-21(19)25(29)33-3)15-6-5-7-16(12-15)18-9-11-20(24(28)32-2)22(14-18)26(30)34-4/h5-14H,1-4H3. The van der Waals surface area contributed by atoms with E-state index in [0.29, 0.717) is 11.1 Å². The van der Waals surface area contributed by atoms with Gasteiger partial charge in [-0.05, 0) is 52.6 Å². The SMILES string of the molecule is COC(=O)c1ccc(-c2cccc(-c3ccc(C(=O)OC)c(C(=O)OC)c3)c2)cc1C(=O)OC. The Labute approximate surface area is 196 Å². The highest BCUT2D eigenvalue weighted by Crippen LogP contribution is 2.30. The Bertz CT molecular complexity index is 1180. The van der Waals surface area contributed by atoms with Gasteiger partial charge in [-0.1, -0.05) is 30.3 Å². The Morgan fingerprint density at radius 2 is 0.765 bits per heavy atom. The molecular weight excluding hydrogens is 440 g/mol. The van der Waals surface area contributed by atoms with Gasteiger partial charge in [-0.15, -0.1) is 0 Å². The molecule has 0 aliphatic rings. The van der Waals surface area contributed by atoms with Crippen molar-refractivity contribution in [2.75, 3.05) is 28.4 Å². The Morgan fingerprint density at radius 3 is 1.12 bits per heavy atom. The van der Waals surface area contributed by atoms with Crippen LogP contribution >= 0.6 is 0 Å². The molecule has 174 valence electrons. The van der Waals surface area contributed by atoms with E-state index in [2.05, 4.69) is 0 Å². The van der Waals surface area contributed by atoms with E-state index in [1.165, 1.54) is 40.6 Å². The average molecular weight is 462 g/mol. The largest absolute Gasteiger partial charge is 0.465 e. The van der Waals surface area contributed by atoms with Crippen LogP contribution in [-0.2, 0) is 18.9 Å². The Kier molecular flexibility index (Phi) is 7.43. The number of rotatable bonds is 6. The summed E-state index contributed by atoms with van der Waals surface area (Å²) in [7, 11) is 4.92. The second kappa shape index (κ2) is 10.4. The van der Waals surface area contributed by atoms with Crippen LogP contribution in [0, 0.1) is 0 Å². The Hall–Kier alpha value is -4.46. The van der Waals surface area contributed by atoms with Crippen LogP contribution in [0.3, 0.4) is 0 Å². The lowest BCUT2D eigenvalue weighted by molar-refractivity contribution is 0.0555. The molecule has 3 aromatic rings. The molecule has 0 aliphatic heterocycles. The van der Waals surface area contributed by atoms with Gasteiger partial charge in [0.1, 0.15) is 0 Å². The van der Waals surface area contributed by atoms with Crippen LogP contribution in [0.4, 0.5) is 0 Å². The van der Waals surface area contributed by atoms with Crippen molar-refractivity contribution in [1.82, 2.24) is 0 Å². The molecule has 0 saturated carbocycles. The predicted molar refractivity (Wildman–Crippen MR) is 123 cm³/mol. The van der Waals surface area contributed by atoms with E-state index in [1.807, 2.05) is 24.3 Å². The number of ether oxygens (including phenoxy) is 4. The first-order valence-corrected chi connectivity index (χ1v) is 10.1. The zero-order chi connectivity index (χ0) is 24.8. The van der Waals surface area contributed by atoms with Crippen LogP contribution < -0.4 is 0 Å². The van der Waals surface area contributed by atoms with Crippen LogP contribution in [0.2, 0.25) is 0 Å². The molecule has 0 saturated heterocycles. The van der Waals surface area contributed by atoms with Gasteiger partial charge < -0.3 is 18.9 Å². The van der Waals surface area contributed by atoms with Gasteiger partial charge in [0.05, 0.1) is 50.7 Å². The second-order valence-corrected chi connectivity index (χ2v) is 7.07. The molecule has 0 bridgehead atoms. The van der Waals surface area contributed by atoms with Gasteiger partial charge in [0.25, 0.3) is 0 Å². The van der Waals surface area contributed by atoms with Crippen molar-refractivity contribution >= 4 is 23.9 Å². The highest BCUT2D eigenvalue weighted by molar-refractivity contribution is 6.05. The smallest absolute Gasteiger partial charge is 0.338 e. The minimum absolute atomic E-state index is 0.0765. The molecule has 0 unspecified atom stereocenters. The molecule has 0 atom stereocenters. The van der Waals surface area contributed by atoms with Gasteiger partial charge in [0, 0.05) is 0 Å². The summed E-state index contributed by atoms with van der Waals surface area (Å²) in [4.78, 5) is 48.6. The molecule has 0 fully saturated rings. The van der Waals surface area contributed by atoms with Crippen LogP contribution in [0.5, 0.6) is 0 Å². The fourth-order valence-corrected chi connectivity index (χ4v) is 3.46. The van der Waals surface area contributed by atoms with E-state index in [0.717, 1.165) is 11.1 Å². The summed E-state index contributed by atoms with van der Waals surface area (Å²) in [5, 5.41) is 0. The van der Waals surface area contributed by atoms with Crippen molar-refractivity contribution < 1.29 is 38.1 Å². The third-order valence-electron chi connectivity index (χ3n) is 5.19. The zero-order valence-corrected chi connectivity index (χ0v) is 19.0. The van der Waals surface area contributed by atoms with Crippen molar-refractivity contribution in [3.63, 3.8) is 0 Å². The summed E-state index contributed by atoms with van der Waals surface area (Å²) in [6.45, 7) is 0. The van der Waals surface area contributed by atoms with E-state index >= 15 is 0 Å². The van der Waals surface area contributed by atoms with Crippen LogP contribution in [0.1, 0.15) is 41.4 Å². The maximum Gasteiger partial charge on any atom is 0.338 e. The third kappa shape index (κ3) is 4.80. The van der Waals surface area contributed by atoms with Crippen molar-refractivity contribution in [3.05, 3.63) is 82.9 Å². The molecule has 0 spiro atoms. The summed E-state index contributed by atoms with van der Waals surface area (Å²) >= 11 is 0. The van der Waals surface area contributed by atoms with E-state index < -0.39 is 23.9 Å². The number of carbonyl (C=O) groups excluding carboxylic acids is 4. The average Bonchev–Trinajstić information content (AvgIpc) is 2.90. The minimum atomic E-state index is -0.667. The fraction of sp³-hybridized carbons (Fsp3) is 0.154. The molecule has 0 amide bonds. The number of carbonyl (C=O) groups is 4. The van der Waals surface area contributed by atoms with Crippen molar-refractivity contribution in [1.29, 1.82) is 0 Å². The minimum Gasteiger partial charge on any atom is -0.465 e. The highest BCUT2D eigenvalue weighted by Gasteiger charge is 2.21. The first-order valence-electron chi connectivity index (χ1n) is 10.1. The number of methoxy groups -OCH3 is 4. The normalized spacial score (nSPS) is 10.2. The summed E-state index contributed by atoms with van der Waals surface area (Å²) in [5.41, 5.74) is 3.15. The molecule has 3 rings (SSSR count). The van der Waals surface area contributed by atoms with Gasteiger partial charge >= 0.3 is 23.9 Å². The number of hydrogen-bond acceptors (Lipinski definition) is 8. The van der Waals surface area contributed by atoms with E-state index in [9.17, 15) is 19.2 Å². The number of esters is 4. The highest BCUT2D eigenvalue weighted by atomic mass is 16.5. The van der Waals surface area contributed by atoms with E-state index in [-0.39, 0.29) is 22.3 Å². The second-order valence-electron chi connectivity index (χ2n) is 7.07. The van der Waals surface area contributed by atoms with Crippen LogP contribution in [0.15, 0.2) is 60.7 Å². The van der Waals surface area contributed by atoms with Crippen LogP contribution in [-0.4, -0.2) is 52.3 Å². The van der Waals surface area contributed by atoms with Crippen molar-refractivity contribution in [3.8, 4) is 22.3 Å². The molecule has 8 heteroatoms. The molecular formula is C26H22O8. The topological polar surface area (TPSA) is 105 Å². The molecule has 0 aromatic heterocycles. The van der Waals surface area contributed by atoms with Gasteiger partial charge in [-0.3, -0.25) is 0 Å². The summed E-state index contributed by atoms with van der Waals surface area (Å²) in [6, 6.07) is 16.8. The monoisotopic (exact) mass is 462 g/mol. The molecule has 0 aliphatic carbocycles. The molecule has 3 aromatic carbocycles. The molecule has 0 N–H and O–H groups in total. The predicted octanol–water partition coefficient (Wildman–Crippen LogP) is 4.17. The number of hydrogen-bond donors (Lipinski definition) is 0. The third-order valence-corrected chi connectivity index (χ3v) is 5.19. The summed E-state index contributed by atoms with van der Waals surface area (Å²) in [6.07, 6.45) is 0. The van der Waals surface area contributed by atoms with Gasteiger partial charge in [-0.25, -0.2) is 19.2 Å². The van der Waals surface area contributed by atoms with Gasteiger partial charge in [0.2, 0.25) is 0 Å². The lowest BCUT2D eigenvalue weighted by Gasteiger charge is -2.12. The Morgan fingerprint density at radius 1 is 0.441 bits per heavy atom. The van der Waals surface area contributed by atoms with Gasteiger partial charge in [-0.2, -0.15) is 0 Å². The quantitative estimate of drug-likeness (QED) is 0.397. The van der Waals surface area contributed by atoms with Crippen molar-refractivity contribution in [2.45, 2.75) is 0 Å². The maximum atomic E-state index is 12.3. The number of benzene rings is 3. The zero-order valence-electron chi connectivity index (χ0n) is 19.0. The summed E-state index contributed by atoms with van der Waals surface area (Å²) in [5.74, 6) is -2.64. The lowest BCUT2D eigenvalue weighted by atomic mass is 9.94. The molecule has 0 heterocycles. The fourth-order valence-electron chi connectivity index (χ4n) is 3.46. The lowest BCUT2D eigenvalue weighted by Crippen LogP contribution is -2.12. The van der Waals surface area contributed by atoms with E-state index in [4.69, 9.17) is 18.9 Å². The first-order chi connectivity index (χ1) is 16.3. The maximum absolute atomic E-state index is 12.3. The molecule has 0 radical (unpaired) electrons. The first kappa shape index (κ1) is 24.2. The Balaban J connectivity index is 2.09. The molecule has 34 heavy (non-hydrogen) atoms. The van der Waals surface area contributed by atoms with Gasteiger partial charge in [0.15, 0.2) is 0 Å². The van der Waals surface area contributed by atoms with Crippen molar-refractivity contribution in [2.24, 2.45) is 0 Å². The van der Waals surface area contributed by atoms with Crippen LogP contribution in [0.25, 0.3) is 22.3 Å². The van der Waals surface area contributed by atoms with E-state index in [1.54, 1.807) is 24.3 Å².